The summed E-state index contributed by atoms with van der Waals surface area (Å²) in [5.41, 5.74) is 1.79. The molecule has 4 heteroatoms. The standard InChI is InChI=1S/C9H8N2OS/c1-6-2-3-13-9(6)7-4-8(12)11-5-10-7/h2-5H,1H3,(H,10,11,12). The molecular formula is C9H8N2OS. The van der Waals surface area contributed by atoms with E-state index in [4.69, 9.17) is 0 Å². The first-order valence-corrected chi connectivity index (χ1v) is 4.74. The van der Waals surface area contributed by atoms with Crippen LogP contribution in [0.4, 0.5) is 0 Å². The van der Waals surface area contributed by atoms with Gasteiger partial charge >= 0.3 is 0 Å². The Morgan fingerprint density at radius 1 is 1.54 bits per heavy atom. The van der Waals surface area contributed by atoms with Crippen LogP contribution in [0.15, 0.2) is 28.6 Å². The van der Waals surface area contributed by atoms with E-state index < -0.39 is 0 Å². The van der Waals surface area contributed by atoms with Gasteiger partial charge in [0.2, 0.25) is 0 Å². The molecule has 1 N–H and O–H groups in total. The van der Waals surface area contributed by atoms with Gasteiger partial charge in [-0.3, -0.25) is 4.79 Å². The minimum atomic E-state index is -0.113. The fraction of sp³-hybridized carbons (Fsp3) is 0.111. The Labute approximate surface area is 79.1 Å². The van der Waals surface area contributed by atoms with Crippen molar-refractivity contribution < 1.29 is 0 Å². The summed E-state index contributed by atoms with van der Waals surface area (Å²) in [5.74, 6) is 0. The Bertz CT molecular complexity index is 472. The van der Waals surface area contributed by atoms with E-state index >= 15 is 0 Å². The van der Waals surface area contributed by atoms with Crippen LogP contribution in [0.1, 0.15) is 5.56 Å². The molecule has 2 aromatic rings. The number of hydrogen-bond acceptors (Lipinski definition) is 3. The van der Waals surface area contributed by atoms with Crippen molar-refractivity contribution >= 4 is 11.3 Å². The zero-order valence-corrected chi connectivity index (χ0v) is 7.89. The summed E-state index contributed by atoms with van der Waals surface area (Å²) in [6.07, 6.45) is 1.43. The average Bonchev–Trinajstić information content (AvgIpc) is 2.51. The molecule has 0 aromatic carbocycles. The van der Waals surface area contributed by atoms with Crippen LogP contribution in [0.5, 0.6) is 0 Å². The molecule has 2 rings (SSSR count). The molecule has 66 valence electrons. The molecule has 0 aliphatic heterocycles. The van der Waals surface area contributed by atoms with E-state index in [1.54, 1.807) is 11.3 Å². The van der Waals surface area contributed by atoms with Crippen LogP contribution in [-0.4, -0.2) is 9.97 Å². The molecule has 3 nitrogen and oxygen atoms in total. The van der Waals surface area contributed by atoms with Gasteiger partial charge in [-0.1, -0.05) is 0 Å². The lowest BCUT2D eigenvalue weighted by Gasteiger charge is -1.95. The Morgan fingerprint density at radius 2 is 2.38 bits per heavy atom. The molecule has 0 aliphatic carbocycles. The van der Waals surface area contributed by atoms with Crippen LogP contribution in [0.2, 0.25) is 0 Å². The summed E-state index contributed by atoms with van der Waals surface area (Å²) < 4.78 is 0. The molecule has 2 heterocycles. The summed E-state index contributed by atoms with van der Waals surface area (Å²) in [5, 5.41) is 1.99. The predicted octanol–water partition coefficient (Wildman–Crippen LogP) is 1.81. The van der Waals surface area contributed by atoms with E-state index in [0.717, 1.165) is 16.1 Å². The molecule has 0 aliphatic rings. The molecule has 0 radical (unpaired) electrons. The number of hydrogen-bond donors (Lipinski definition) is 1. The van der Waals surface area contributed by atoms with E-state index in [2.05, 4.69) is 9.97 Å². The third kappa shape index (κ3) is 1.53. The van der Waals surface area contributed by atoms with Crippen LogP contribution in [0.25, 0.3) is 10.6 Å². The topological polar surface area (TPSA) is 45.8 Å². The molecule has 0 saturated heterocycles. The second kappa shape index (κ2) is 3.14. The SMILES string of the molecule is Cc1ccsc1-c1cc(=O)[nH]cn1. The lowest BCUT2D eigenvalue weighted by molar-refractivity contribution is 1.12. The second-order valence-corrected chi connectivity index (χ2v) is 3.65. The van der Waals surface area contributed by atoms with E-state index in [1.807, 2.05) is 18.4 Å². The quantitative estimate of drug-likeness (QED) is 0.749. The van der Waals surface area contributed by atoms with Crippen LogP contribution in [0, 0.1) is 6.92 Å². The highest BCUT2D eigenvalue weighted by molar-refractivity contribution is 7.13. The molecule has 0 amide bonds. The lowest BCUT2D eigenvalue weighted by atomic mass is 10.2. The van der Waals surface area contributed by atoms with Gasteiger partial charge in [-0.2, -0.15) is 0 Å². The first kappa shape index (κ1) is 8.19. The van der Waals surface area contributed by atoms with Crippen LogP contribution in [0.3, 0.4) is 0 Å². The summed E-state index contributed by atoms with van der Waals surface area (Å²) in [7, 11) is 0. The fourth-order valence-corrected chi connectivity index (χ4v) is 2.02. The second-order valence-electron chi connectivity index (χ2n) is 2.73. The summed E-state index contributed by atoms with van der Waals surface area (Å²) in [4.78, 5) is 18.7. The number of aromatic amines is 1. The monoisotopic (exact) mass is 192 g/mol. The Kier molecular flexibility index (Phi) is 1.98. The summed E-state index contributed by atoms with van der Waals surface area (Å²) in [6, 6.07) is 3.53. The highest BCUT2D eigenvalue weighted by atomic mass is 32.1. The number of thiophene rings is 1. The predicted molar refractivity (Wildman–Crippen MR) is 52.9 cm³/mol. The number of nitrogens with zero attached hydrogens (tertiary/aromatic N) is 1. The molecule has 2 aromatic heterocycles. The van der Waals surface area contributed by atoms with Crippen molar-refractivity contribution in [3.05, 3.63) is 39.8 Å². The van der Waals surface area contributed by atoms with Crippen LogP contribution in [-0.2, 0) is 0 Å². The lowest BCUT2D eigenvalue weighted by Crippen LogP contribution is -2.04. The van der Waals surface area contributed by atoms with Gasteiger partial charge in [-0.15, -0.1) is 11.3 Å². The van der Waals surface area contributed by atoms with E-state index in [-0.39, 0.29) is 5.56 Å². The Balaban J connectivity index is 2.59. The molecule has 0 spiro atoms. The largest absolute Gasteiger partial charge is 0.313 e. The van der Waals surface area contributed by atoms with Gasteiger partial charge in [-0.05, 0) is 23.9 Å². The van der Waals surface area contributed by atoms with Gasteiger partial charge in [-0.25, -0.2) is 4.98 Å². The Hall–Kier alpha value is -1.42. The van der Waals surface area contributed by atoms with E-state index in [1.165, 1.54) is 12.4 Å². The molecular weight excluding hydrogens is 184 g/mol. The molecule has 0 atom stereocenters. The maximum absolute atomic E-state index is 11.0. The minimum Gasteiger partial charge on any atom is -0.313 e. The Morgan fingerprint density at radius 3 is 3.00 bits per heavy atom. The third-order valence-corrected chi connectivity index (χ3v) is 2.81. The van der Waals surface area contributed by atoms with Gasteiger partial charge in [0, 0.05) is 6.07 Å². The molecule has 0 fully saturated rings. The van der Waals surface area contributed by atoms with Crippen molar-refractivity contribution in [2.45, 2.75) is 6.92 Å². The molecule has 0 saturated carbocycles. The van der Waals surface area contributed by atoms with Crippen molar-refractivity contribution in [1.29, 1.82) is 0 Å². The maximum Gasteiger partial charge on any atom is 0.251 e. The van der Waals surface area contributed by atoms with Gasteiger partial charge in [0.25, 0.3) is 5.56 Å². The fourth-order valence-electron chi connectivity index (χ4n) is 1.13. The number of aryl methyl sites for hydroxylation is 1. The van der Waals surface area contributed by atoms with Crippen molar-refractivity contribution in [3.8, 4) is 10.6 Å². The van der Waals surface area contributed by atoms with E-state index in [9.17, 15) is 4.79 Å². The molecule has 0 unspecified atom stereocenters. The van der Waals surface area contributed by atoms with Gasteiger partial charge in [0.15, 0.2) is 0 Å². The number of rotatable bonds is 1. The van der Waals surface area contributed by atoms with Crippen LogP contribution >= 0.6 is 11.3 Å². The number of nitrogens with one attached hydrogen (secondary N) is 1. The summed E-state index contributed by atoms with van der Waals surface area (Å²) >= 11 is 1.60. The van der Waals surface area contributed by atoms with Crippen LogP contribution < -0.4 is 5.56 Å². The van der Waals surface area contributed by atoms with Crippen molar-refractivity contribution in [1.82, 2.24) is 9.97 Å². The van der Waals surface area contributed by atoms with Crippen molar-refractivity contribution in [2.24, 2.45) is 0 Å². The smallest absolute Gasteiger partial charge is 0.251 e. The number of H-pyrrole nitrogens is 1. The first-order valence-electron chi connectivity index (χ1n) is 3.86. The highest BCUT2D eigenvalue weighted by Crippen LogP contribution is 2.25. The van der Waals surface area contributed by atoms with E-state index in [0.29, 0.717) is 0 Å². The maximum atomic E-state index is 11.0. The van der Waals surface area contributed by atoms with Crippen molar-refractivity contribution in [2.75, 3.05) is 0 Å². The summed E-state index contributed by atoms with van der Waals surface area (Å²) in [6.45, 7) is 2.01. The normalized spacial score (nSPS) is 10.2. The third-order valence-electron chi connectivity index (χ3n) is 1.77. The van der Waals surface area contributed by atoms with Gasteiger partial charge in [0.05, 0.1) is 16.9 Å². The van der Waals surface area contributed by atoms with Crippen molar-refractivity contribution in [3.63, 3.8) is 0 Å². The zero-order valence-electron chi connectivity index (χ0n) is 7.07. The molecule has 0 bridgehead atoms. The zero-order chi connectivity index (χ0) is 9.26. The average molecular weight is 192 g/mol. The van der Waals surface area contributed by atoms with Gasteiger partial charge in [0.1, 0.15) is 0 Å². The minimum absolute atomic E-state index is 0.113. The number of aromatic nitrogens is 2. The first-order chi connectivity index (χ1) is 6.27. The molecule has 13 heavy (non-hydrogen) atoms. The highest BCUT2D eigenvalue weighted by Gasteiger charge is 2.04. The van der Waals surface area contributed by atoms with Gasteiger partial charge < -0.3 is 4.98 Å².